The van der Waals surface area contributed by atoms with Gasteiger partial charge >= 0.3 is 0 Å². The van der Waals surface area contributed by atoms with Gasteiger partial charge in [0.25, 0.3) is 0 Å². The van der Waals surface area contributed by atoms with Crippen molar-refractivity contribution in [3.05, 3.63) is 0 Å². The van der Waals surface area contributed by atoms with E-state index in [4.69, 9.17) is 5.73 Å². The van der Waals surface area contributed by atoms with E-state index >= 15 is 0 Å². The summed E-state index contributed by atoms with van der Waals surface area (Å²) < 4.78 is 0. The van der Waals surface area contributed by atoms with E-state index in [0.29, 0.717) is 6.04 Å². The van der Waals surface area contributed by atoms with Crippen LogP contribution in [0.1, 0.15) is 12.8 Å². The van der Waals surface area contributed by atoms with Crippen molar-refractivity contribution in [2.24, 2.45) is 5.73 Å². The molecule has 0 bridgehead atoms. The minimum atomic E-state index is 0.0874. The first-order chi connectivity index (χ1) is 6.15. The molecule has 76 valence electrons. The molecule has 0 unspecified atom stereocenters. The highest BCUT2D eigenvalue weighted by molar-refractivity contribution is 5.78. The van der Waals surface area contributed by atoms with Gasteiger partial charge < -0.3 is 15.5 Å². The number of hydrogen-bond acceptors (Lipinski definition) is 3. The quantitative estimate of drug-likeness (QED) is 0.645. The maximum atomic E-state index is 11.4. The standard InChI is InChI=1S/C9H19N3O/c1-11(2)7-8-4-3-5-12(8)9(13)6-10/h8H,3-7,10H2,1-2H3/t8-/m1/s1. The van der Waals surface area contributed by atoms with Gasteiger partial charge in [-0.2, -0.15) is 0 Å². The second kappa shape index (κ2) is 4.58. The third-order valence-corrected chi connectivity index (χ3v) is 2.45. The Morgan fingerprint density at radius 1 is 1.62 bits per heavy atom. The van der Waals surface area contributed by atoms with Crippen molar-refractivity contribution in [3.63, 3.8) is 0 Å². The molecule has 1 aliphatic heterocycles. The van der Waals surface area contributed by atoms with Crippen LogP contribution in [0.2, 0.25) is 0 Å². The van der Waals surface area contributed by atoms with E-state index in [1.807, 2.05) is 19.0 Å². The molecule has 0 aromatic heterocycles. The Hall–Kier alpha value is -0.610. The molecule has 1 heterocycles. The van der Waals surface area contributed by atoms with Gasteiger partial charge in [0.2, 0.25) is 5.91 Å². The van der Waals surface area contributed by atoms with Crippen LogP contribution in [0.5, 0.6) is 0 Å². The van der Waals surface area contributed by atoms with Crippen molar-refractivity contribution in [1.29, 1.82) is 0 Å². The zero-order valence-corrected chi connectivity index (χ0v) is 8.49. The number of carbonyl (C=O) groups is 1. The van der Waals surface area contributed by atoms with E-state index in [2.05, 4.69) is 4.90 Å². The number of likely N-dealkylation sites (tertiary alicyclic amines) is 1. The average molecular weight is 185 g/mol. The van der Waals surface area contributed by atoms with Gasteiger partial charge in [0.1, 0.15) is 0 Å². The van der Waals surface area contributed by atoms with E-state index in [1.165, 1.54) is 0 Å². The average Bonchev–Trinajstić information content (AvgIpc) is 2.50. The molecular weight excluding hydrogens is 166 g/mol. The van der Waals surface area contributed by atoms with Gasteiger partial charge in [0, 0.05) is 19.1 Å². The van der Waals surface area contributed by atoms with E-state index in [-0.39, 0.29) is 12.5 Å². The van der Waals surface area contributed by atoms with Crippen molar-refractivity contribution in [3.8, 4) is 0 Å². The highest BCUT2D eigenvalue weighted by atomic mass is 16.2. The summed E-state index contributed by atoms with van der Waals surface area (Å²) in [6.07, 6.45) is 2.23. The summed E-state index contributed by atoms with van der Waals surface area (Å²) in [4.78, 5) is 15.4. The molecule has 13 heavy (non-hydrogen) atoms. The molecule has 0 radical (unpaired) electrons. The second-order valence-corrected chi connectivity index (χ2v) is 3.85. The maximum Gasteiger partial charge on any atom is 0.236 e. The minimum Gasteiger partial charge on any atom is -0.337 e. The van der Waals surface area contributed by atoms with Crippen molar-refractivity contribution in [2.45, 2.75) is 18.9 Å². The number of hydrogen-bond donors (Lipinski definition) is 1. The molecule has 0 aromatic carbocycles. The Labute approximate surface area is 79.7 Å². The summed E-state index contributed by atoms with van der Waals surface area (Å²) in [5.41, 5.74) is 5.34. The molecule has 0 aromatic rings. The molecule has 1 saturated heterocycles. The Kier molecular flexibility index (Phi) is 3.69. The highest BCUT2D eigenvalue weighted by Crippen LogP contribution is 2.17. The lowest BCUT2D eigenvalue weighted by atomic mass is 10.2. The first-order valence-corrected chi connectivity index (χ1v) is 4.79. The molecule has 0 aliphatic carbocycles. The minimum absolute atomic E-state index is 0.0874. The fourth-order valence-corrected chi connectivity index (χ4v) is 1.89. The molecule has 1 aliphatic rings. The molecule has 1 atom stereocenters. The monoisotopic (exact) mass is 185 g/mol. The summed E-state index contributed by atoms with van der Waals surface area (Å²) in [5.74, 6) is 0.0874. The predicted molar refractivity (Wildman–Crippen MR) is 52.3 cm³/mol. The predicted octanol–water partition coefficient (Wildman–Crippen LogP) is -0.502. The summed E-state index contributed by atoms with van der Waals surface area (Å²) in [7, 11) is 4.06. The topological polar surface area (TPSA) is 49.6 Å². The number of rotatable bonds is 3. The number of carbonyl (C=O) groups excluding carboxylic acids is 1. The van der Waals surface area contributed by atoms with Gasteiger partial charge in [-0.05, 0) is 26.9 Å². The molecule has 1 rings (SSSR count). The zero-order valence-electron chi connectivity index (χ0n) is 8.49. The van der Waals surface area contributed by atoms with Crippen molar-refractivity contribution >= 4 is 5.91 Å². The molecule has 4 heteroatoms. The molecule has 4 nitrogen and oxygen atoms in total. The lowest BCUT2D eigenvalue weighted by molar-refractivity contribution is -0.130. The van der Waals surface area contributed by atoms with Crippen LogP contribution < -0.4 is 5.73 Å². The Morgan fingerprint density at radius 3 is 2.85 bits per heavy atom. The van der Waals surface area contributed by atoms with E-state index in [1.54, 1.807) is 0 Å². The molecule has 0 spiro atoms. The Bertz CT molecular complexity index is 182. The van der Waals surface area contributed by atoms with Crippen LogP contribution in [0, 0.1) is 0 Å². The van der Waals surface area contributed by atoms with Crippen LogP contribution in [-0.2, 0) is 4.79 Å². The van der Waals surface area contributed by atoms with E-state index in [9.17, 15) is 4.79 Å². The maximum absolute atomic E-state index is 11.4. The van der Waals surface area contributed by atoms with Crippen LogP contribution in [0.15, 0.2) is 0 Å². The molecule has 0 saturated carbocycles. The van der Waals surface area contributed by atoms with Crippen molar-refractivity contribution in [1.82, 2.24) is 9.80 Å². The summed E-state index contributed by atoms with van der Waals surface area (Å²) in [6, 6.07) is 0.381. The zero-order chi connectivity index (χ0) is 9.84. The van der Waals surface area contributed by atoms with Gasteiger partial charge in [-0.3, -0.25) is 4.79 Å². The number of likely N-dealkylation sites (N-methyl/N-ethyl adjacent to an activating group) is 1. The van der Waals surface area contributed by atoms with Gasteiger partial charge in [-0.25, -0.2) is 0 Å². The number of amides is 1. The van der Waals surface area contributed by atoms with Crippen molar-refractivity contribution < 1.29 is 4.79 Å². The number of nitrogens with two attached hydrogens (primary N) is 1. The largest absolute Gasteiger partial charge is 0.337 e. The lowest BCUT2D eigenvalue weighted by Gasteiger charge is -2.26. The lowest BCUT2D eigenvalue weighted by Crippen LogP contribution is -2.43. The van der Waals surface area contributed by atoms with E-state index in [0.717, 1.165) is 25.9 Å². The first-order valence-electron chi connectivity index (χ1n) is 4.79. The third kappa shape index (κ3) is 2.67. The summed E-state index contributed by atoms with van der Waals surface area (Å²) in [5, 5.41) is 0. The molecule has 1 fully saturated rings. The Balaban J connectivity index is 2.48. The van der Waals surface area contributed by atoms with Gasteiger partial charge in [-0.15, -0.1) is 0 Å². The van der Waals surface area contributed by atoms with Crippen LogP contribution in [0.4, 0.5) is 0 Å². The first kappa shape index (κ1) is 10.5. The fourth-order valence-electron chi connectivity index (χ4n) is 1.89. The van der Waals surface area contributed by atoms with Crippen LogP contribution in [-0.4, -0.2) is 55.5 Å². The molecule has 2 N–H and O–H groups in total. The fraction of sp³-hybridized carbons (Fsp3) is 0.889. The van der Waals surface area contributed by atoms with Crippen molar-refractivity contribution in [2.75, 3.05) is 33.7 Å². The van der Waals surface area contributed by atoms with Crippen LogP contribution in [0.25, 0.3) is 0 Å². The van der Waals surface area contributed by atoms with Gasteiger partial charge in [0.15, 0.2) is 0 Å². The summed E-state index contributed by atoms with van der Waals surface area (Å²) in [6.45, 7) is 1.98. The smallest absolute Gasteiger partial charge is 0.236 e. The molecular formula is C9H19N3O. The van der Waals surface area contributed by atoms with E-state index < -0.39 is 0 Å². The van der Waals surface area contributed by atoms with Crippen LogP contribution >= 0.6 is 0 Å². The SMILES string of the molecule is CN(C)C[C@H]1CCCN1C(=O)CN. The van der Waals surface area contributed by atoms with Crippen LogP contribution in [0.3, 0.4) is 0 Å². The Morgan fingerprint density at radius 2 is 2.31 bits per heavy atom. The highest BCUT2D eigenvalue weighted by Gasteiger charge is 2.27. The van der Waals surface area contributed by atoms with Gasteiger partial charge in [0.05, 0.1) is 6.54 Å². The normalized spacial score (nSPS) is 22.8. The number of nitrogens with zero attached hydrogens (tertiary/aromatic N) is 2. The molecule has 1 amide bonds. The third-order valence-electron chi connectivity index (χ3n) is 2.45. The van der Waals surface area contributed by atoms with Gasteiger partial charge in [-0.1, -0.05) is 0 Å². The second-order valence-electron chi connectivity index (χ2n) is 3.85. The summed E-state index contributed by atoms with van der Waals surface area (Å²) >= 11 is 0.